The van der Waals surface area contributed by atoms with E-state index in [1.807, 2.05) is 19.1 Å². The number of carbonyl (C=O) groups excluding carboxylic acids is 1. The van der Waals surface area contributed by atoms with Gasteiger partial charge in [0.05, 0.1) is 11.4 Å². The number of nitrogens with zero attached hydrogens (tertiary/aromatic N) is 1. The van der Waals surface area contributed by atoms with Gasteiger partial charge in [-0.3, -0.25) is 4.79 Å². The van der Waals surface area contributed by atoms with Gasteiger partial charge in [0, 0.05) is 27.8 Å². The van der Waals surface area contributed by atoms with Crippen LogP contribution in [0, 0.1) is 12.8 Å². The van der Waals surface area contributed by atoms with Gasteiger partial charge in [-0.25, -0.2) is 0 Å². The summed E-state index contributed by atoms with van der Waals surface area (Å²) in [5, 5.41) is 0. The Balaban J connectivity index is 2.29. The minimum Gasteiger partial charge on any atom is -0.310 e. The minimum absolute atomic E-state index is 0.0376. The van der Waals surface area contributed by atoms with E-state index in [4.69, 9.17) is 0 Å². The van der Waals surface area contributed by atoms with Gasteiger partial charge in [-0.1, -0.05) is 0 Å². The summed E-state index contributed by atoms with van der Waals surface area (Å²) in [6, 6.07) is 3.74. The lowest BCUT2D eigenvalue weighted by atomic mass is 10.1. The Morgan fingerprint density at radius 2 is 1.90 bits per heavy atom. The fraction of sp³-hybridized carbons (Fsp3) is 0.417. The molecule has 1 amide bonds. The number of carbonyl (C=O) groups is 1. The van der Waals surface area contributed by atoms with E-state index in [1.54, 1.807) is 0 Å². The van der Waals surface area contributed by atoms with Crippen LogP contribution in [0.3, 0.4) is 0 Å². The van der Waals surface area contributed by atoms with E-state index in [9.17, 15) is 17.1 Å². The van der Waals surface area contributed by atoms with Gasteiger partial charge >= 0.3 is 10.2 Å². The van der Waals surface area contributed by atoms with E-state index >= 15 is 0 Å². The first-order chi connectivity index (χ1) is 9.17. The van der Waals surface area contributed by atoms with Crippen molar-refractivity contribution in [2.75, 3.05) is 17.2 Å². The summed E-state index contributed by atoms with van der Waals surface area (Å²) in [5.74, 6) is -1.34. The zero-order valence-electron chi connectivity index (χ0n) is 10.6. The smallest absolute Gasteiger partial charge is 0.302 e. The largest absolute Gasteiger partial charge is 0.310 e. The molecule has 8 heteroatoms. The molecule has 1 atom stereocenters. The van der Waals surface area contributed by atoms with Crippen molar-refractivity contribution < 1.29 is 17.1 Å². The van der Waals surface area contributed by atoms with Crippen molar-refractivity contribution in [1.29, 1.82) is 0 Å². The molecule has 0 spiro atoms. The second kappa shape index (κ2) is 5.73. The second-order valence-corrected chi connectivity index (χ2v) is 7.98. The van der Waals surface area contributed by atoms with E-state index in [0.29, 0.717) is 5.69 Å². The summed E-state index contributed by atoms with van der Waals surface area (Å²) >= 11 is 6.80. The lowest BCUT2D eigenvalue weighted by Crippen LogP contribution is -2.26. The Bertz CT molecular complexity index is 640. The third kappa shape index (κ3) is 3.59. The molecule has 1 fully saturated rings. The maximum atomic E-state index is 12.7. The molecular formula is C12H12Br2FNO3S. The molecule has 1 heterocycles. The third-order valence-electron chi connectivity index (χ3n) is 3.07. The number of rotatable bonds is 3. The Hall–Kier alpha value is -0.470. The number of halogens is 3. The normalized spacial score (nSPS) is 19.7. The van der Waals surface area contributed by atoms with Crippen molar-refractivity contribution in [2.24, 2.45) is 5.92 Å². The van der Waals surface area contributed by atoms with Crippen molar-refractivity contribution in [1.82, 2.24) is 0 Å². The van der Waals surface area contributed by atoms with Crippen LogP contribution < -0.4 is 4.90 Å². The standard InChI is InChI=1S/C12H12Br2FNO3S/c1-7-2-9(13)12(10(14)3-7)16-5-8(4-11(16)17)6-20(15,18)19/h2-3,8H,4-6H2,1H3. The van der Waals surface area contributed by atoms with E-state index in [2.05, 4.69) is 31.9 Å². The monoisotopic (exact) mass is 427 g/mol. The molecule has 0 bridgehead atoms. The highest BCUT2D eigenvalue weighted by Crippen LogP contribution is 2.38. The molecule has 110 valence electrons. The quantitative estimate of drug-likeness (QED) is 0.694. The molecule has 0 saturated carbocycles. The first-order valence-electron chi connectivity index (χ1n) is 5.85. The van der Waals surface area contributed by atoms with Crippen molar-refractivity contribution in [2.45, 2.75) is 13.3 Å². The fourth-order valence-electron chi connectivity index (χ4n) is 2.34. The highest BCUT2D eigenvalue weighted by Gasteiger charge is 2.35. The van der Waals surface area contributed by atoms with Crippen LogP contribution >= 0.6 is 31.9 Å². The number of amides is 1. The zero-order valence-corrected chi connectivity index (χ0v) is 14.6. The van der Waals surface area contributed by atoms with Gasteiger partial charge in [-0.15, -0.1) is 3.89 Å². The van der Waals surface area contributed by atoms with E-state index < -0.39 is 21.9 Å². The van der Waals surface area contributed by atoms with Crippen LogP contribution in [0.2, 0.25) is 0 Å². The number of aryl methyl sites for hydroxylation is 1. The van der Waals surface area contributed by atoms with Gasteiger partial charge in [0.2, 0.25) is 5.91 Å². The molecule has 0 N–H and O–H groups in total. The van der Waals surface area contributed by atoms with Gasteiger partial charge in [-0.2, -0.15) is 8.42 Å². The van der Waals surface area contributed by atoms with Crippen LogP contribution in [0.15, 0.2) is 21.1 Å². The molecule has 1 unspecified atom stereocenters. The average molecular weight is 429 g/mol. The molecule has 1 aliphatic heterocycles. The predicted octanol–water partition coefficient (Wildman–Crippen LogP) is 3.17. The molecule has 0 radical (unpaired) electrons. The molecule has 2 rings (SSSR count). The average Bonchev–Trinajstić information content (AvgIpc) is 2.55. The third-order valence-corrected chi connectivity index (χ3v) is 5.15. The summed E-state index contributed by atoms with van der Waals surface area (Å²) in [4.78, 5) is 13.5. The van der Waals surface area contributed by atoms with Crippen LogP contribution in [0.4, 0.5) is 9.57 Å². The van der Waals surface area contributed by atoms with E-state index in [0.717, 1.165) is 14.5 Å². The van der Waals surface area contributed by atoms with Crippen molar-refractivity contribution in [3.63, 3.8) is 0 Å². The lowest BCUT2D eigenvalue weighted by Gasteiger charge is -2.20. The summed E-state index contributed by atoms with van der Waals surface area (Å²) in [7, 11) is -4.57. The van der Waals surface area contributed by atoms with Gasteiger partial charge in [-0.05, 0) is 56.5 Å². The highest BCUT2D eigenvalue weighted by molar-refractivity contribution is 9.11. The minimum atomic E-state index is -4.57. The van der Waals surface area contributed by atoms with Crippen LogP contribution in [-0.4, -0.2) is 26.6 Å². The second-order valence-electron chi connectivity index (χ2n) is 4.86. The van der Waals surface area contributed by atoms with Gasteiger partial charge in [0.1, 0.15) is 0 Å². The molecule has 1 aliphatic rings. The first-order valence-corrected chi connectivity index (χ1v) is 8.99. The Morgan fingerprint density at radius 3 is 2.40 bits per heavy atom. The number of hydrogen-bond acceptors (Lipinski definition) is 3. The molecule has 20 heavy (non-hydrogen) atoms. The zero-order chi connectivity index (χ0) is 15.1. The SMILES string of the molecule is Cc1cc(Br)c(N2CC(CS(=O)(=O)F)CC2=O)c(Br)c1. The van der Waals surface area contributed by atoms with Crippen LogP contribution in [0.1, 0.15) is 12.0 Å². The molecule has 1 aromatic carbocycles. The maximum absolute atomic E-state index is 12.7. The fourth-order valence-corrected chi connectivity index (χ4v) is 4.97. The van der Waals surface area contributed by atoms with Crippen LogP contribution in [-0.2, 0) is 15.0 Å². The molecule has 1 saturated heterocycles. The van der Waals surface area contributed by atoms with Gasteiger partial charge in [0.25, 0.3) is 0 Å². The Morgan fingerprint density at radius 1 is 1.35 bits per heavy atom. The van der Waals surface area contributed by atoms with Crippen LogP contribution in [0.25, 0.3) is 0 Å². The lowest BCUT2D eigenvalue weighted by molar-refractivity contribution is -0.117. The van der Waals surface area contributed by atoms with E-state index in [-0.39, 0.29) is 18.9 Å². The molecule has 0 aromatic heterocycles. The van der Waals surface area contributed by atoms with Crippen LogP contribution in [0.5, 0.6) is 0 Å². The molecule has 4 nitrogen and oxygen atoms in total. The van der Waals surface area contributed by atoms with Crippen molar-refractivity contribution >= 4 is 53.7 Å². The number of anilines is 1. The predicted molar refractivity (Wildman–Crippen MR) is 81.9 cm³/mol. The number of hydrogen-bond donors (Lipinski definition) is 0. The van der Waals surface area contributed by atoms with E-state index in [1.165, 1.54) is 4.90 Å². The number of benzene rings is 1. The topological polar surface area (TPSA) is 54.5 Å². The maximum Gasteiger partial charge on any atom is 0.302 e. The molecular weight excluding hydrogens is 417 g/mol. The first kappa shape index (κ1) is 15.9. The van der Waals surface area contributed by atoms with Gasteiger partial charge in [0.15, 0.2) is 0 Å². The summed E-state index contributed by atoms with van der Waals surface area (Å²) in [6.45, 7) is 2.12. The molecule has 0 aliphatic carbocycles. The van der Waals surface area contributed by atoms with Gasteiger partial charge < -0.3 is 4.90 Å². The Kier molecular flexibility index (Phi) is 4.56. The van der Waals surface area contributed by atoms with Crippen molar-refractivity contribution in [3.8, 4) is 0 Å². The Labute approximate surface area is 133 Å². The highest BCUT2D eigenvalue weighted by atomic mass is 79.9. The summed E-state index contributed by atoms with van der Waals surface area (Å²) in [5.41, 5.74) is 1.67. The van der Waals surface area contributed by atoms with Crippen molar-refractivity contribution in [3.05, 3.63) is 26.6 Å². The summed E-state index contributed by atoms with van der Waals surface area (Å²) < 4.78 is 35.6. The summed E-state index contributed by atoms with van der Waals surface area (Å²) in [6.07, 6.45) is 0.0376. The molecule has 1 aromatic rings.